The lowest BCUT2D eigenvalue weighted by atomic mass is 9.80. The van der Waals surface area contributed by atoms with Crippen LogP contribution in [0.3, 0.4) is 0 Å². The predicted molar refractivity (Wildman–Crippen MR) is 200 cm³/mol. The zero-order chi connectivity index (χ0) is 31.6. The van der Waals surface area contributed by atoms with E-state index in [1.54, 1.807) is 0 Å². The van der Waals surface area contributed by atoms with Gasteiger partial charge in [-0.15, -0.1) is 0 Å². The van der Waals surface area contributed by atoms with Gasteiger partial charge in [-0.3, -0.25) is 4.98 Å². The Balaban J connectivity index is 1.02. The van der Waals surface area contributed by atoms with E-state index in [0.717, 1.165) is 57.5 Å². The molecule has 3 heteroatoms. The van der Waals surface area contributed by atoms with Gasteiger partial charge in [0.2, 0.25) is 0 Å². The summed E-state index contributed by atoms with van der Waals surface area (Å²) in [6, 6.07) is 49.8. The van der Waals surface area contributed by atoms with Crippen LogP contribution in [-0.4, -0.2) is 4.98 Å². The number of allylic oxidation sites excluding steroid dienone is 2. The van der Waals surface area contributed by atoms with Crippen LogP contribution in [0.25, 0.3) is 56.0 Å². The third-order valence-electron chi connectivity index (χ3n) is 9.94. The van der Waals surface area contributed by atoms with Gasteiger partial charge in [-0.2, -0.15) is 0 Å². The zero-order valence-electron chi connectivity index (χ0n) is 26.2. The summed E-state index contributed by atoms with van der Waals surface area (Å²) >= 11 is 0. The second-order valence-corrected chi connectivity index (χ2v) is 12.8. The standard InChI is InChI=1S/C45H30N2O/c1-2-8-36(9-3-1)47(38-21-22-40-39-10-4-5-12-42(39)48-43(40)28-38)37-19-17-29(18-20-37)34-24-30-13-15-32-26-35(41-11-6-7-23-46-41)27-33-16-14-31(25-34)44(30)45(32)33/h1-24,26,28H,25,27H2. The summed E-state index contributed by atoms with van der Waals surface area (Å²) in [4.78, 5) is 6.93. The van der Waals surface area contributed by atoms with E-state index in [0.29, 0.717) is 0 Å². The molecule has 2 aliphatic carbocycles. The van der Waals surface area contributed by atoms with E-state index in [2.05, 4.69) is 143 Å². The lowest BCUT2D eigenvalue weighted by molar-refractivity contribution is 0.669. The number of para-hydroxylation sites is 2. The molecule has 48 heavy (non-hydrogen) atoms. The van der Waals surface area contributed by atoms with Crippen molar-refractivity contribution >= 4 is 73.1 Å². The average Bonchev–Trinajstić information content (AvgIpc) is 3.53. The van der Waals surface area contributed by atoms with Crippen molar-refractivity contribution in [3.8, 4) is 0 Å². The molecule has 0 saturated carbocycles. The predicted octanol–water partition coefficient (Wildman–Crippen LogP) is 11.8. The molecule has 6 aromatic carbocycles. The van der Waals surface area contributed by atoms with Crippen molar-refractivity contribution in [2.45, 2.75) is 12.8 Å². The van der Waals surface area contributed by atoms with Crippen LogP contribution in [0.5, 0.6) is 0 Å². The summed E-state index contributed by atoms with van der Waals surface area (Å²) in [6.07, 6.45) is 8.43. The summed E-state index contributed by atoms with van der Waals surface area (Å²) in [5.41, 5.74) is 15.4. The molecule has 0 unspecified atom stereocenters. The van der Waals surface area contributed by atoms with Crippen LogP contribution in [0.2, 0.25) is 0 Å². The summed E-state index contributed by atoms with van der Waals surface area (Å²) in [5.74, 6) is 0. The van der Waals surface area contributed by atoms with Crippen LogP contribution in [0, 0.1) is 0 Å². The van der Waals surface area contributed by atoms with Gasteiger partial charge in [-0.05, 0) is 117 Å². The van der Waals surface area contributed by atoms with E-state index in [1.807, 2.05) is 24.4 Å². The highest BCUT2D eigenvalue weighted by molar-refractivity contribution is 6.10. The van der Waals surface area contributed by atoms with E-state index in [4.69, 9.17) is 4.42 Å². The molecule has 0 bridgehead atoms. The minimum atomic E-state index is 0.890. The summed E-state index contributed by atoms with van der Waals surface area (Å²) in [7, 11) is 0. The van der Waals surface area contributed by atoms with Gasteiger partial charge in [0.05, 0.1) is 5.69 Å². The summed E-state index contributed by atoms with van der Waals surface area (Å²) < 4.78 is 6.28. The molecule has 0 spiro atoms. The molecule has 0 aliphatic heterocycles. The maximum atomic E-state index is 6.28. The third kappa shape index (κ3) is 4.32. The highest BCUT2D eigenvalue weighted by atomic mass is 16.3. The SMILES string of the molecule is C1=C(c2ccc(N(c3ccccc3)c3ccc4c(c3)oc3ccccc34)cc2)Cc2ccc3c4c(ccc1c24)C=C(c1ccccn1)C3. The van der Waals surface area contributed by atoms with E-state index in [9.17, 15) is 0 Å². The Morgan fingerprint density at radius 3 is 1.92 bits per heavy atom. The quantitative estimate of drug-likeness (QED) is 0.193. The third-order valence-corrected chi connectivity index (χ3v) is 9.94. The molecule has 0 N–H and O–H groups in total. The van der Waals surface area contributed by atoms with Gasteiger partial charge in [0, 0.05) is 46.5 Å². The second-order valence-electron chi connectivity index (χ2n) is 12.8. The highest BCUT2D eigenvalue weighted by Crippen LogP contribution is 2.43. The first kappa shape index (κ1) is 27.0. The van der Waals surface area contributed by atoms with Crippen LogP contribution >= 0.6 is 0 Å². The normalized spacial score (nSPS) is 13.5. The number of anilines is 3. The van der Waals surface area contributed by atoms with Crippen molar-refractivity contribution in [2.75, 3.05) is 4.90 Å². The van der Waals surface area contributed by atoms with E-state index < -0.39 is 0 Å². The fraction of sp³-hybridized carbons (Fsp3) is 0.0444. The van der Waals surface area contributed by atoms with Crippen LogP contribution in [0.4, 0.5) is 17.1 Å². The first-order chi connectivity index (χ1) is 23.8. The molecule has 0 atom stereocenters. The number of hydrogen-bond donors (Lipinski definition) is 0. The van der Waals surface area contributed by atoms with Gasteiger partial charge >= 0.3 is 0 Å². The van der Waals surface area contributed by atoms with Gasteiger partial charge in [-0.25, -0.2) is 0 Å². The van der Waals surface area contributed by atoms with Crippen LogP contribution < -0.4 is 4.90 Å². The molecule has 3 nitrogen and oxygen atoms in total. The molecule has 0 saturated heterocycles. The molecule has 0 amide bonds. The van der Waals surface area contributed by atoms with Crippen LogP contribution in [0.1, 0.15) is 33.5 Å². The summed E-state index contributed by atoms with van der Waals surface area (Å²) in [5, 5.41) is 5.07. The number of fused-ring (bicyclic) bond motifs is 3. The van der Waals surface area contributed by atoms with Crippen molar-refractivity contribution in [1.82, 2.24) is 4.98 Å². The van der Waals surface area contributed by atoms with Crippen molar-refractivity contribution in [3.05, 3.63) is 179 Å². The first-order valence-corrected chi connectivity index (χ1v) is 16.5. The first-order valence-electron chi connectivity index (χ1n) is 16.5. The monoisotopic (exact) mass is 614 g/mol. The Kier molecular flexibility index (Phi) is 6.00. The van der Waals surface area contributed by atoms with E-state index >= 15 is 0 Å². The Labute approximate surface area is 278 Å². The van der Waals surface area contributed by atoms with Crippen LogP contribution in [0.15, 0.2) is 150 Å². The molecule has 2 aromatic heterocycles. The van der Waals surface area contributed by atoms with Gasteiger partial charge in [0.15, 0.2) is 0 Å². The molecule has 0 radical (unpaired) electrons. The van der Waals surface area contributed by atoms with Crippen molar-refractivity contribution < 1.29 is 4.42 Å². The maximum absolute atomic E-state index is 6.28. The van der Waals surface area contributed by atoms with Gasteiger partial charge < -0.3 is 9.32 Å². The van der Waals surface area contributed by atoms with Crippen molar-refractivity contribution in [1.29, 1.82) is 0 Å². The smallest absolute Gasteiger partial charge is 0.137 e. The van der Waals surface area contributed by atoms with E-state index in [-0.39, 0.29) is 0 Å². The second kappa shape index (κ2) is 10.7. The largest absolute Gasteiger partial charge is 0.456 e. The number of nitrogens with zero attached hydrogens (tertiary/aromatic N) is 2. The highest BCUT2D eigenvalue weighted by Gasteiger charge is 2.23. The topological polar surface area (TPSA) is 29.3 Å². The molecule has 10 rings (SSSR count). The number of hydrogen-bond acceptors (Lipinski definition) is 3. The summed E-state index contributed by atoms with van der Waals surface area (Å²) in [6.45, 7) is 0. The lowest BCUT2D eigenvalue weighted by Gasteiger charge is -2.26. The molecular weight excluding hydrogens is 585 g/mol. The van der Waals surface area contributed by atoms with Gasteiger partial charge in [0.25, 0.3) is 0 Å². The molecule has 2 aliphatic rings. The number of aromatic nitrogens is 1. The number of pyridine rings is 1. The number of furan rings is 1. The molecular formula is C45H30N2O. The number of rotatable bonds is 5. The maximum Gasteiger partial charge on any atom is 0.137 e. The average molecular weight is 615 g/mol. The number of benzene rings is 6. The molecule has 2 heterocycles. The Hall–Kier alpha value is -6.19. The van der Waals surface area contributed by atoms with Crippen molar-refractivity contribution in [2.24, 2.45) is 0 Å². The molecule has 226 valence electrons. The Morgan fingerprint density at radius 2 is 1.15 bits per heavy atom. The van der Waals surface area contributed by atoms with Crippen LogP contribution in [-0.2, 0) is 12.8 Å². The van der Waals surface area contributed by atoms with Gasteiger partial charge in [0.1, 0.15) is 11.2 Å². The lowest BCUT2D eigenvalue weighted by Crippen LogP contribution is -2.10. The Morgan fingerprint density at radius 1 is 0.500 bits per heavy atom. The minimum Gasteiger partial charge on any atom is -0.456 e. The fourth-order valence-electron chi connectivity index (χ4n) is 7.72. The van der Waals surface area contributed by atoms with Crippen molar-refractivity contribution in [3.63, 3.8) is 0 Å². The van der Waals surface area contributed by atoms with Gasteiger partial charge in [-0.1, -0.05) is 84.9 Å². The Bertz CT molecular complexity index is 2590. The molecule has 8 aromatic rings. The fourth-order valence-corrected chi connectivity index (χ4v) is 7.72. The zero-order valence-corrected chi connectivity index (χ0v) is 26.2. The minimum absolute atomic E-state index is 0.890. The molecule has 0 fully saturated rings. The van der Waals surface area contributed by atoms with E-state index in [1.165, 1.54) is 49.7 Å².